The fourth-order valence-electron chi connectivity index (χ4n) is 3.12. The van der Waals surface area contributed by atoms with E-state index in [4.69, 9.17) is 4.42 Å². The standard InChI is InChI=1S/C22H22N6O4/c1-3-15(4-2)24-20(29)17-11-16(26-27-17)13-6-5-7-14(10-13)22-23-12-18(32-22)21(30)25-19-8-9-31-28-19/h5-12,15H,3-4H2,1-2H3,(H,24,29)(H,26,27)(H,25,28,30). The van der Waals surface area contributed by atoms with E-state index in [1.807, 2.05) is 38.1 Å². The molecule has 0 saturated carbocycles. The number of nitrogens with zero attached hydrogens (tertiary/aromatic N) is 3. The van der Waals surface area contributed by atoms with Gasteiger partial charge in [-0.2, -0.15) is 5.10 Å². The van der Waals surface area contributed by atoms with Gasteiger partial charge in [-0.1, -0.05) is 31.1 Å². The zero-order chi connectivity index (χ0) is 22.5. The third-order valence-corrected chi connectivity index (χ3v) is 4.96. The van der Waals surface area contributed by atoms with Crippen LogP contribution < -0.4 is 10.6 Å². The van der Waals surface area contributed by atoms with E-state index >= 15 is 0 Å². The van der Waals surface area contributed by atoms with Crippen molar-refractivity contribution in [2.75, 3.05) is 5.32 Å². The van der Waals surface area contributed by atoms with Gasteiger partial charge in [-0.05, 0) is 31.0 Å². The summed E-state index contributed by atoms with van der Waals surface area (Å²) in [5.41, 5.74) is 2.43. The number of carbonyl (C=O) groups excluding carboxylic acids is 2. The molecule has 10 heteroatoms. The molecule has 4 aromatic rings. The maximum absolute atomic E-state index is 12.4. The van der Waals surface area contributed by atoms with Crippen molar-refractivity contribution in [3.8, 4) is 22.7 Å². The quantitative estimate of drug-likeness (QED) is 0.382. The van der Waals surface area contributed by atoms with E-state index in [0.29, 0.717) is 17.0 Å². The van der Waals surface area contributed by atoms with Crippen LogP contribution in [-0.2, 0) is 0 Å². The molecule has 0 atom stereocenters. The Kier molecular flexibility index (Phi) is 6.11. The minimum atomic E-state index is -0.491. The van der Waals surface area contributed by atoms with E-state index in [1.165, 1.54) is 18.5 Å². The summed E-state index contributed by atoms with van der Waals surface area (Å²) in [4.78, 5) is 28.9. The number of oxazole rings is 1. The number of hydrogen-bond acceptors (Lipinski definition) is 7. The lowest BCUT2D eigenvalue weighted by Gasteiger charge is -2.13. The minimum absolute atomic E-state index is 0.0357. The van der Waals surface area contributed by atoms with E-state index in [2.05, 4.69) is 35.5 Å². The van der Waals surface area contributed by atoms with Crippen molar-refractivity contribution in [2.24, 2.45) is 0 Å². The summed E-state index contributed by atoms with van der Waals surface area (Å²) in [7, 11) is 0. The van der Waals surface area contributed by atoms with E-state index in [1.54, 1.807) is 6.07 Å². The second kappa shape index (κ2) is 9.29. The van der Waals surface area contributed by atoms with E-state index < -0.39 is 5.91 Å². The Bertz CT molecular complexity index is 1210. The number of aromatic amines is 1. The molecule has 0 radical (unpaired) electrons. The largest absolute Gasteiger partial charge is 0.431 e. The molecule has 0 saturated heterocycles. The summed E-state index contributed by atoms with van der Waals surface area (Å²) < 4.78 is 10.3. The van der Waals surface area contributed by atoms with Crippen LogP contribution in [0.1, 0.15) is 47.7 Å². The number of nitrogens with one attached hydrogen (secondary N) is 3. The molecule has 1 aromatic carbocycles. The van der Waals surface area contributed by atoms with Crippen LogP contribution in [0, 0.1) is 0 Å². The predicted octanol–water partition coefficient (Wildman–Crippen LogP) is 3.89. The van der Waals surface area contributed by atoms with Gasteiger partial charge in [-0.3, -0.25) is 14.7 Å². The van der Waals surface area contributed by atoms with Crippen molar-refractivity contribution in [3.63, 3.8) is 0 Å². The Morgan fingerprint density at radius 1 is 1.09 bits per heavy atom. The highest BCUT2D eigenvalue weighted by Gasteiger charge is 2.17. The molecular formula is C22H22N6O4. The molecule has 0 bridgehead atoms. The van der Waals surface area contributed by atoms with Gasteiger partial charge in [-0.25, -0.2) is 4.98 Å². The molecule has 4 rings (SSSR count). The third-order valence-electron chi connectivity index (χ3n) is 4.96. The Morgan fingerprint density at radius 2 is 1.91 bits per heavy atom. The first kappa shape index (κ1) is 21.0. The Balaban J connectivity index is 1.50. The molecule has 0 fully saturated rings. The smallest absolute Gasteiger partial charge is 0.294 e. The van der Waals surface area contributed by atoms with E-state index in [-0.39, 0.29) is 29.4 Å². The average molecular weight is 434 g/mol. The molecule has 0 aliphatic rings. The molecule has 2 amide bonds. The van der Waals surface area contributed by atoms with Crippen molar-refractivity contribution < 1.29 is 18.5 Å². The van der Waals surface area contributed by atoms with E-state index in [0.717, 1.165) is 18.4 Å². The zero-order valence-electron chi connectivity index (χ0n) is 17.6. The van der Waals surface area contributed by atoms with Crippen LogP contribution in [0.3, 0.4) is 0 Å². The van der Waals surface area contributed by atoms with Crippen LogP contribution in [0.4, 0.5) is 5.82 Å². The first-order valence-corrected chi connectivity index (χ1v) is 10.2. The van der Waals surface area contributed by atoms with Crippen molar-refractivity contribution in [2.45, 2.75) is 32.7 Å². The van der Waals surface area contributed by atoms with Crippen molar-refractivity contribution in [1.29, 1.82) is 0 Å². The molecule has 164 valence electrons. The predicted molar refractivity (Wildman–Crippen MR) is 116 cm³/mol. The average Bonchev–Trinajstić information content (AvgIpc) is 3.59. The summed E-state index contributed by atoms with van der Waals surface area (Å²) in [5.74, 6) is -0.0938. The van der Waals surface area contributed by atoms with Crippen LogP contribution in [-0.4, -0.2) is 38.2 Å². The van der Waals surface area contributed by atoms with Gasteiger partial charge in [-0.15, -0.1) is 0 Å². The van der Waals surface area contributed by atoms with Crippen LogP contribution in [0.25, 0.3) is 22.7 Å². The summed E-state index contributed by atoms with van der Waals surface area (Å²) in [6.07, 6.45) is 4.41. The first-order valence-electron chi connectivity index (χ1n) is 10.2. The number of amides is 2. The van der Waals surface area contributed by atoms with Crippen LogP contribution >= 0.6 is 0 Å². The number of H-pyrrole nitrogens is 1. The molecule has 0 unspecified atom stereocenters. The van der Waals surface area contributed by atoms with Gasteiger partial charge in [0.25, 0.3) is 11.8 Å². The number of carbonyl (C=O) groups is 2. The van der Waals surface area contributed by atoms with Gasteiger partial charge in [0.15, 0.2) is 5.82 Å². The fraction of sp³-hybridized carbons (Fsp3) is 0.227. The molecule has 3 aromatic heterocycles. The van der Waals surface area contributed by atoms with Gasteiger partial charge in [0.1, 0.15) is 12.0 Å². The number of aromatic nitrogens is 4. The third kappa shape index (κ3) is 4.59. The van der Waals surface area contributed by atoms with Gasteiger partial charge < -0.3 is 19.6 Å². The number of rotatable bonds is 8. The summed E-state index contributed by atoms with van der Waals surface area (Å²) in [6, 6.07) is 10.7. The van der Waals surface area contributed by atoms with Crippen molar-refractivity contribution >= 4 is 17.6 Å². The summed E-state index contributed by atoms with van der Waals surface area (Å²) >= 11 is 0. The second-order valence-corrected chi connectivity index (χ2v) is 7.10. The van der Waals surface area contributed by atoms with Gasteiger partial charge in [0.2, 0.25) is 11.7 Å². The molecule has 10 nitrogen and oxygen atoms in total. The number of hydrogen-bond donors (Lipinski definition) is 3. The maximum Gasteiger partial charge on any atom is 0.294 e. The molecule has 0 aliphatic carbocycles. The minimum Gasteiger partial charge on any atom is -0.431 e. The SMILES string of the molecule is CCC(CC)NC(=O)c1cc(-c2cccc(-c3ncc(C(=O)Nc4ccon4)o3)c2)n[nH]1. The van der Waals surface area contributed by atoms with Crippen LogP contribution in [0.15, 0.2) is 57.8 Å². The second-order valence-electron chi connectivity index (χ2n) is 7.10. The lowest BCUT2D eigenvalue weighted by molar-refractivity contribution is 0.0929. The van der Waals surface area contributed by atoms with Crippen molar-refractivity contribution in [1.82, 2.24) is 25.7 Å². The molecule has 0 spiro atoms. The van der Waals surface area contributed by atoms with Crippen molar-refractivity contribution in [3.05, 3.63) is 60.3 Å². The normalized spacial score (nSPS) is 11.0. The van der Waals surface area contributed by atoms with E-state index in [9.17, 15) is 9.59 Å². The highest BCUT2D eigenvalue weighted by Crippen LogP contribution is 2.26. The molecule has 32 heavy (non-hydrogen) atoms. The summed E-state index contributed by atoms with van der Waals surface area (Å²) in [5, 5.41) is 16.2. The fourth-order valence-corrected chi connectivity index (χ4v) is 3.12. The van der Waals surface area contributed by atoms with Gasteiger partial charge in [0.05, 0.1) is 11.9 Å². The Morgan fingerprint density at radius 3 is 2.66 bits per heavy atom. The van der Waals surface area contributed by atoms with Gasteiger partial charge in [0, 0.05) is 23.2 Å². The zero-order valence-corrected chi connectivity index (χ0v) is 17.6. The first-order chi connectivity index (χ1) is 15.6. The monoisotopic (exact) mass is 434 g/mol. The Hall–Kier alpha value is -4.21. The van der Waals surface area contributed by atoms with Crippen LogP contribution in [0.2, 0.25) is 0 Å². The highest BCUT2D eigenvalue weighted by atomic mass is 16.5. The van der Waals surface area contributed by atoms with Crippen LogP contribution in [0.5, 0.6) is 0 Å². The number of benzene rings is 1. The molecular weight excluding hydrogens is 412 g/mol. The molecule has 0 aliphatic heterocycles. The lowest BCUT2D eigenvalue weighted by atomic mass is 10.1. The lowest BCUT2D eigenvalue weighted by Crippen LogP contribution is -2.33. The Labute approximate surface area is 183 Å². The molecule has 3 heterocycles. The van der Waals surface area contributed by atoms with Gasteiger partial charge >= 0.3 is 0 Å². The topological polar surface area (TPSA) is 139 Å². The summed E-state index contributed by atoms with van der Waals surface area (Å²) in [6.45, 7) is 4.06. The molecule has 3 N–H and O–H groups in total. The highest BCUT2D eigenvalue weighted by molar-refractivity contribution is 6.01. The maximum atomic E-state index is 12.4. The number of anilines is 1.